The molecule has 1 aliphatic heterocycles. The highest BCUT2D eigenvalue weighted by Crippen LogP contribution is 2.19. The third-order valence-corrected chi connectivity index (χ3v) is 3.52. The second-order valence-electron chi connectivity index (χ2n) is 4.87. The lowest BCUT2D eigenvalue weighted by molar-refractivity contribution is 0.0342. The second-order valence-corrected chi connectivity index (χ2v) is 4.87. The molecular formula is C17H18NO. The van der Waals surface area contributed by atoms with E-state index in [1.807, 2.05) is 12.1 Å². The van der Waals surface area contributed by atoms with E-state index in [1.54, 1.807) is 0 Å². The SMILES string of the molecule is [c]1ccc(-c2ccc(CN3CCOCC3)cc2)cc1. The van der Waals surface area contributed by atoms with Crippen LogP contribution in [-0.2, 0) is 11.3 Å². The summed E-state index contributed by atoms with van der Waals surface area (Å²) in [5.41, 5.74) is 3.88. The van der Waals surface area contributed by atoms with Gasteiger partial charge in [0.2, 0.25) is 0 Å². The maximum absolute atomic E-state index is 5.37. The predicted octanol–water partition coefficient (Wildman–Crippen LogP) is 2.99. The van der Waals surface area contributed by atoms with E-state index in [0.717, 1.165) is 32.8 Å². The Morgan fingerprint density at radius 3 is 2.21 bits per heavy atom. The quantitative estimate of drug-likeness (QED) is 0.832. The van der Waals surface area contributed by atoms with Crippen molar-refractivity contribution in [3.05, 3.63) is 60.2 Å². The van der Waals surface area contributed by atoms with Gasteiger partial charge < -0.3 is 4.74 Å². The van der Waals surface area contributed by atoms with Crippen molar-refractivity contribution in [1.29, 1.82) is 0 Å². The zero-order valence-electron chi connectivity index (χ0n) is 11.0. The van der Waals surface area contributed by atoms with E-state index in [0.29, 0.717) is 0 Å². The van der Waals surface area contributed by atoms with Gasteiger partial charge in [0.1, 0.15) is 0 Å². The zero-order chi connectivity index (χ0) is 12.9. The highest BCUT2D eigenvalue weighted by molar-refractivity contribution is 5.63. The van der Waals surface area contributed by atoms with E-state index >= 15 is 0 Å². The molecule has 2 heteroatoms. The average Bonchev–Trinajstić information content (AvgIpc) is 2.50. The first-order chi connectivity index (χ1) is 9.42. The van der Waals surface area contributed by atoms with Crippen LogP contribution in [0.4, 0.5) is 0 Å². The molecule has 1 aliphatic rings. The first-order valence-corrected chi connectivity index (χ1v) is 6.77. The van der Waals surface area contributed by atoms with E-state index in [-0.39, 0.29) is 0 Å². The van der Waals surface area contributed by atoms with Gasteiger partial charge >= 0.3 is 0 Å². The van der Waals surface area contributed by atoms with Crippen molar-refractivity contribution in [3.63, 3.8) is 0 Å². The van der Waals surface area contributed by atoms with Gasteiger partial charge in [0.05, 0.1) is 13.2 Å². The minimum Gasteiger partial charge on any atom is -0.379 e. The number of benzene rings is 2. The summed E-state index contributed by atoms with van der Waals surface area (Å²) in [6.07, 6.45) is 0. The standard InChI is InChI=1S/C17H18NO/c1-2-4-16(5-3-1)17-8-6-15(7-9-17)14-18-10-12-19-13-11-18/h2-9H,10-14H2. The largest absolute Gasteiger partial charge is 0.379 e. The molecular weight excluding hydrogens is 234 g/mol. The molecule has 0 unspecified atom stereocenters. The number of ether oxygens (including phenoxy) is 1. The highest BCUT2D eigenvalue weighted by atomic mass is 16.5. The fraction of sp³-hybridized carbons (Fsp3) is 0.294. The van der Waals surface area contributed by atoms with Crippen molar-refractivity contribution in [2.75, 3.05) is 26.3 Å². The van der Waals surface area contributed by atoms with Crippen molar-refractivity contribution >= 4 is 0 Å². The van der Waals surface area contributed by atoms with Crippen LogP contribution in [0.2, 0.25) is 0 Å². The molecule has 0 atom stereocenters. The summed E-state index contributed by atoms with van der Waals surface area (Å²) in [5.74, 6) is 0. The van der Waals surface area contributed by atoms with Gasteiger partial charge in [-0.25, -0.2) is 0 Å². The van der Waals surface area contributed by atoms with Gasteiger partial charge in [-0.15, -0.1) is 0 Å². The summed E-state index contributed by atoms with van der Waals surface area (Å²) in [5, 5.41) is 0. The molecule has 0 N–H and O–H groups in total. The maximum atomic E-state index is 5.37. The number of hydrogen-bond donors (Lipinski definition) is 0. The molecule has 19 heavy (non-hydrogen) atoms. The highest BCUT2D eigenvalue weighted by Gasteiger charge is 2.10. The van der Waals surface area contributed by atoms with E-state index in [9.17, 15) is 0 Å². The van der Waals surface area contributed by atoms with Crippen LogP contribution in [0.3, 0.4) is 0 Å². The molecule has 0 bridgehead atoms. The molecule has 2 aromatic carbocycles. The molecule has 97 valence electrons. The summed E-state index contributed by atoms with van der Waals surface area (Å²) >= 11 is 0. The number of morpholine rings is 1. The van der Waals surface area contributed by atoms with Crippen molar-refractivity contribution < 1.29 is 4.74 Å². The van der Waals surface area contributed by atoms with Crippen LogP contribution in [0.5, 0.6) is 0 Å². The summed E-state index contributed by atoms with van der Waals surface area (Å²) in [4.78, 5) is 2.44. The van der Waals surface area contributed by atoms with E-state index in [1.165, 1.54) is 16.7 Å². The Bertz CT molecular complexity index is 501. The molecule has 1 saturated heterocycles. The van der Waals surface area contributed by atoms with Crippen LogP contribution in [0.25, 0.3) is 11.1 Å². The topological polar surface area (TPSA) is 12.5 Å². The predicted molar refractivity (Wildman–Crippen MR) is 76.8 cm³/mol. The molecule has 2 aromatic rings. The molecule has 0 amide bonds. The monoisotopic (exact) mass is 252 g/mol. The summed E-state index contributed by atoms with van der Waals surface area (Å²) < 4.78 is 5.37. The Morgan fingerprint density at radius 2 is 1.53 bits per heavy atom. The Kier molecular flexibility index (Phi) is 3.92. The van der Waals surface area contributed by atoms with Crippen molar-refractivity contribution in [3.8, 4) is 11.1 Å². The van der Waals surface area contributed by atoms with Crippen molar-refractivity contribution in [1.82, 2.24) is 4.90 Å². The van der Waals surface area contributed by atoms with Crippen LogP contribution in [-0.4, -0.2) is 31.2 Å². The van der Waals surface area contributed by atoms with Gasteiger partial charge in [-0.3, -0.25) is 4.90 Å². The summed E-state index contributed by atoms with van der Waals surface area (Å²) in [6.45, 7) is 4.82. The van der Waals surface area contributed by atoms with Crippen LogP contribution >= 0.6 is 0 Å². The van der Waals surface area contributed by atoms with Gasteiger partial charge in [0, 0.05) is 19.6 Å². The Hall–Kier alpha value is -1.64. The van der Waals surface area contributed by atoms with E-state index < -0.39 is 0 Å². The zero-order valence-corrected chi connectivity index (χ0v) is 11.0. The van der Waals surface area contributed by atoms with Crippen molar-refractivity contribution in [2.45, 2.75) is 6.54 Å². The Balaban J connectivity index is 1.68. The van der Waals surface area contributed by atoms with Crippen LogP contribution < -0.4 is 0 Å². The summed E-state index contributed by atoms with van der Waals surface area (Å²) in [6, 6.07) is 20.0. The average molecular weight is 252 g/mol. The molecule has 0 saturated carbocycles. The molecule has 1 heterocycles. The lowest BCUT2D eigenvalue weighted by atomic mass is 10.0. The molecule has 1 fully saturated rings. The Labute approximate surface area is 114 Å². The first-order valence-electron chi connectivity index (χ1n) is 6.77. The van der Waals surface area contributed by atoms with Gasteiger partial charge in [-0.2, -0.15) is 0 Å². The van der Waals surface area contributed by atoms with Crippen LogP contribution in [0.1, 0.15) is 5.56 Å². The van der Waals surface area contributed by atoms with Crippen molar-refractivity contribution in [2.24, 2.45) is 0 Å². The molecule has 2 nitrogen and oxygen atoms in total. The third-order valence-electron chi connectivity index (χ3n) is 3.52. The fourth-order valence-corrected chi connectivity index (χ4v) is 2.40. The van der Waals surface area contributed by atoms with Crippen LogP contribution in [0, 0.1) is 6.07 Å². The number of hydrogen-bond acceptors (Lipinski definition) is 2. The molecule has 0 aliphatic carbocycles. The molecule has 3 rings (SSSR count). The summed E-state index contributed by atoms with van der Waals surface area (Å²) in [7, 11) is 0. The Morgan fingerprint density at radius 1 is 0.895 bits per heavy atom. The lowest BCUT2D eigenvalue weighted by Gasteiger charge is -2.26. The molecule has 0 aromatic heterocycles. The van der Waals surface area contributed by atoms with Gasteiger partial charge in [0.25, 0.3) is 0 Å². The maximum Gasteiger partial charge on any atom is 0.0594 e. The van der Waals surface area contributed by atoms with E-state index in [4.69, 9.17) is 4.74 Å². The third kappa shape index (κ3) is 3.22. The first kappa shape index (κ1) is 12.4. The van der Waals surface area contributed by atoms with Gasteiger partial charge in [-0.1, -0.05) is 48.5 Å². The minimum atomic E-state index is 0.860. The number of nitrogens with zero attached hydrogens (tertiary/aromatic N) is 1. The molecule has 1 radical (unpaired) electrons. The second kappa shape index (κ2) is 6.00. The number of rotatable bonds is 3. The fourth-order valence-electron chi connectivity index (χ4n) is 2.40. The van der Waals surface area contributed by atoms with Gasteiger partial charge in [0.15, 0.2) is 0 Å². The lowest BCUT2D eigenvalue weighted by Crippen LogP contribution is -2.35. The molecule has 0 spiro atoms. The minimum absolute atomic E-state index is 0.860. The smallest absolute Gasteiger partial charge is 0.0594 e. The van der Waals surface area contributed by atoms with E-state index in [2.05, 4.69) is 47.4 Å². The van der Waals surface area contributed by atoms with Crippen LogP contribution in [0.15, 0.2) is 48.5 Å². The van der Waals surface area contributed by atoms with Gasteiger partial charge in [-0.05, 0) is 22.8 Å². The normalized spacial score (nSPS) is 16.4.